The molecule has 2 fully saturated rings. The van der Waals surface area contributed by atoms with Crippen molar-refractivity contribution in [1.82, 2.24) is 9.97 Å². The molecule has 0 spiro atoms. The van der Waals surface area contributed by atoms with Gasteiger partial charge in [-0.2, -0.15) is 5.26 Å². The van der Waals surface area contributed by atoms with Crippen LogP contribution in [0.1, 0.15) is 63.5 Å². The van der Waals surface area contributed by atoms with E-state index in [0.717, 1.165) is 73.2 Å². The van der Waals surface area contributed by atoms with Crippen LogP contribution in [0.4, 0.5) is 11.5 Å². The lowest BCUT2D eigenvalue weighted by molar-refractivity contribution is 0.148. The minimum absolute atomic E-state index is 0.168. The summed E-state index contributed by atoms with van der Waals surface area (Å²) in [6, 6.07) is 6.92. The van der Waals surface area contributed by atoms with Crippen LogP contribution in [0.5, 0.6) is 5.75 Å². The first-order valence-corrected chi connectivity index (χ1v) is 11.7. The van der Waals surface area contributed by atoms with Crippen molar-refractivity contribution in [1.29, 1.82) is 5.26 Å². The Kier molecular flexibility index (Phi) is 5.01. The predicted molar refractivity (Wildman–Crippen MR) is 125 cm³/mol. The number of ether oxygens (including phenoxy) is 1. The maximum atomic E-state index is 9.61. The van der Waals surface area contributed by atoms with Crippen LogP contribution in [0.3, 0.4) is 0 Å². The fraction of sp³-hybridized carbons (Fsp3) is 0.560. The molecule has 7 heteroatoms. The number of fused-ring (bicyclic) bond motifs is 3. The van der Waals surface area contributed by atoms with E-state index in [1.165, 1.54) is 11.9 Å². The molecule has 2 saturated carbocycles. The Balaban J connectivity index is 1.56. The summed E-state index contributed by atoms with van der Waals surface area (Å²) in [6.45, 7) is 5.00. The second kappa shape index (κ2) is 7.63. The normalized spacial score (nSPS) is 24.6. The Morgan fingerprint density at radius 3 is 2.62 bits per heavy atom. The Labute approximate surface area is 189 Å². The molecule has 0 unspecified atom stereocenters. The van der Waals surface area contributed by atoms with E-state index in [1.54, 1.807) is 0 Å². The molecular formula is C25H32N6O. The fourth-order valence-corrected chi connectivity index (χ4v) is 5.25. The lowest BCUT2D eigenvalue weighted by Crippen LogP contribution is -2.32. The minimum Gasteiger partial charge on any atom is -0.488 e. The zero-order valence-corrected chi connectivity index (χ0v) is 18.9. The minimum atomic E-state index is -0.258. The largest absolute Gasteiger partial charge is 0.488 e. The van der Waals surface area contributed by atoms with Gasteiger partial charge in [0.15, 0.2) is 0 Å². The Bertz CT molecular complexity index is 1080. The fourth-order valence-electron chi connectivity index (χ4n) is 5.25. The van der Waals surface area contributed by atoms with Crippen molar-refractivity contribution in [2.24, 2.45) is 11.1 Å². The van der Waals surface area contributed by atoms with Crippen molar-refractivity contribution >= 4 is 11.5 Å². The summed E-state index contributed by atoms with van der Waals surface area (Å²) in [5, 5.41) is 13.2. The molecule has 0 amide bonds. The average molecular weight is 433 g/mol. The van der Waals surface area contributed by atoms with E-state index in [0.29, 0.717) is 12.4 Å². The molecule has 168 valence electrons. The number of nitrogens with one attached hydrogen (secondary N) is 1. The van der Waals surface area contributed by atoms with Crippen molar-refractivity contribution in [2.75, 3.05) is 17.6 Å². The van der Waals surface area contributed by atoms with Gasteiger partial charge in [-0.1, -0.05) is 13.8 Å². The SMILES string of the molecule is CC1(C)Cc2c(ccc(OC3CCC(N)CC3)c2NCC2(C#N)CC2)-c2ncnc(N)c21. The summed E-state index contributed by atoms with van der Waals surface area (Å²) in [5.74, 6) is 1.40. The first-order chi connectivity index (χ1) is 15.3. The van der Waals surface area contributed by atoms with Crippen LogP contribution < -0.4 is 21.5 Å². The molecule has 1 aromatic heterocycles. The molecule has 0 bridgehead atoms. The predicted octanol–water partition coefficient (Wildman–Crippen LogP) is 3.92. The maximum Gasteiger partial charge on any atom is 0.143 e. The van der Waals surface area contributed by atoms with E-state index in [1.807, 2.05) is 6.07 Å². The van der Waals surface area contributed by atoms with Gasteiger partial charge in [0, 0.05) is 23.7 Å². The molecule has 2 aromatic rings. The number of nitriles is 1. The molecule has 0 saturated heterocycles. The third-order valence-corrected chi connectivity index (χ3v) is 7.41. The molecule has 5 N–H and O–H groups in total. The van der Waals surface area contributed by atoms with Crippen LogP contribution >= 0.6 is 0 Å². The van der Waals surface area contributed by atoms with Gasteiger partial charge < -0.3 is 21.5 Å². The second-order valence-corrected chi connectivity index (χ2v) is 10.4. The zero-order chi connectivity index (χ0) is 22.5. The molecule has 5 rings (SSSR count). The van der Waals surface area contributed by atoms with Gasteiger partial charge in [-0.25, -0.2) is 9.97 Å². The van der Waals surface area contributed by atoms with Crippen LogP contribution in [0, 0.1) is 16.7 Å². The second-order valence-electron chi connectivity index (χ2n) is 10.4. The van der Waals surface area contributed by atoms with E-state index in [4.69, 9.17) is 16.2 Å². The highest BCUT2D eigenvalue weighted by atomic mass is 16.5. The number of anilines is 2. The number of nitrogens with two attached hydrogens (primary N) is 2. The van der Waals surface area contributed by atoms with E-state index >= 15 is 0 Å². The van der Waals surface area contributed by atoms with Gasteiger partial charge in [0.25, 0.3) is 0 Å². The number of hydrogen-bond acceptors (Lipinski definition) is 7. The Morgan fingerprint density at radius 1 is 1.19 bits per heavy atom. The van der Waals surface area contributed by atoms with Crippen molar-refractivity contribution in [3.8, 4) is 23.1 Å². The van der Waals surface area contributed by atoms with Gasteiger partial charge in [0.1, 0.15) is 17.9 Å². The quantitative estimate of drug-likeness (QED) is 0.654. The molecule has 0 radical (unpaired) electrons. The van der Waals surface area contributed by atoms with E-state index < -0.39 is 0 Å². The monoisotopic (exact) mass is 432 g/mol. The zero-order valence-electron chi connectivity index (χ0n) is 18.9. The molecule has 3 aliphatic carbocycles. The third-order valence-electron chi connectivity index (χ3n) is 7.41. The molecule has 7 nitrogen and oxygen atoms in total. The Hall–Kier alpha value is -2.85. The topological polar surface area (TPSA) is 123 Å². The maximum absolute atomic E-state index is 9.61. The average Bonchev–Trinajstić information content (AvgIpc) is 3.54. The van der Waals surface area contributed by atoms with E-state index in [-0.39, 0.29) is 23.0 Å². The number of rotatable bonds is 5. The first kappa shape index (κ1) is 21.0. The van der Waals surface area contributed by atoms with Crippen LogP contribution in [-0.4, -0.2) is 28.7 Å². The summed E-state index contributed by atoms with van der Waals surface area (Å²) in [5.41, 5.74) is 17.0. The highest BCUT2D eigenvalue weighted by molar-refractivity contribution is 5.82. The molecule has 0 atom stereocenters. The first-order valence-electron chi connectivity index (χ1n) is 11.7. The van der Waals surface area contributed by atoms with Gasteiger partial charge in [0.2, 0.25) is 0 Å². The summed E-state index contributed by atoms with van der Waals surface area (Å²) in [4.78, 5) is 8.88. The number of aromatic nitrogens is 2. The van der Waals surface area contributed by atoms with Gasteiger partial charge in [-0.15, -0.1) is 0 Å². The number of benzene rings is 1. The van der Waals surface area contributed by atoms with Crippen molar-refractivity contribution in [3.05, 3.63) is 29.6 Å². The number of nitrogen functional groups attached to an aromatic ring is 1. The molecular weight excluding hydrogens is 400 g/mol. The van der Waals surface area contributed by atoms with Crippen LogP contribution in [0.25, 0.3) is 11.3 Å². The molecule has 1 heterocycles. The Morgan fingerprint density at radius 2 is 1.94 bits per heavy atom. The van der Waals surface area contributed by atoms with Gasteiger partial charge in [-0.3, -0.25) is 0 Å². The number of nitrogens with zero attached hydrogens (tertiary/aromatic N) is 3. The smallest absolute Gasteiger partial charge is 0.143 e. The molecule has 0 aliphatic heterocycles. The van der Waals surface area contributed by atoms with E-state index in [2.05, 4.69) is 41.3 Å². The highest BCUT2D eigenvalue weighted by Gasteiger charge is 2.44. The molecule has 3 aliphatic rings. The van der Waals surface area contributed by atoms with Gasteiger partial charge in [-0.05, 0) is 68.1 Å². The highest BCUT2D eigenvalue weighted by Crippen LogP contribution is 2.50. The van der Waals surface area contributed by atoms with Gasteiger partial charge in [0.05, 0.1) is 29.0 Å². The summed E-state index contributed by atoms with van der Waals surface area (Å²) < 4.78 is 6.54. The van der Waals surface area contributed by atoms with Crippen LogP contribution in [-0.2, 0) is 11.8 Å². The van der Waals surface area contributed by atoms with Crippen molar-refractivity contribution in [3.63, 3.8) is 0 Å². The summed E-state index contributed by atoms with van der Waals surface area (Å²) in [6.07, 6.45) is 8.31. The van der Waals surface area contributed by atoms with Gasteiger partial charge >= 0.3 is 0 Å². The van der Waals surface area contributed by atoms with Crippen LogP contribution in [0.2, 0.25) is 0 Å². The lowest BCUT2D eigenvalue weighted by Gasteiger charge is -2.36. The van der Waals surface area contributed by atoms with E-state index in [9.17, 15) is 5.26 Å². The number of hydrogen-bond donors (Lipinski definition) is 3. The van der Waals surface area contributed by atoms with Crippen molar-refractivity contribution in [2.45, 2.75) is 76.4 Å². The summed E-state index contributed by atoms with van der Waals surface area (Å²) >= 11 is 0. The molecule has 1 aromatic carbocycles. The van der Waals surface area contributed by atoms with Crippen molar-refractivity contribution < 1.29 is 4.74 Å². The summed E-state index contributed by atoms with van der Waals surface area (Å²) in [7, 11) is 0. The van der Waals surface area contributed by atoms with Crippen LogP contribution in [0.15, 0.2) is 18.5 Å². The standard InChI is InChI=1S/C25H32N6O/c1-24(2)11-18-17(22-20(24)23(28)31-14-30-22)7-8-19(32-16-5-3-15(27)4-6-16)21(18)29-13-25(12-26)9-10-25/h7-8,14-16,29H,3-6,9-11,13,27H2,1-2H3,(H2,28,30,31). The molecule has 32 heavy (non-hydrogen) atoms. The lowest BCUT2D eigenvalue weighted by atomic mass is 9.71. The third kappa shape index (κ3) is 3.67.